The minimum atomic E-state index is -3.11. The highest BCUT2D eigenvalue weighted by Crippen LogP contribution is 2.37. The average molecular weight is 385 g/mol. The molecule has 2 heterocycles. The molecule has 1 aliphatic carbocycles. The molecular weight excluding hydrogens is 358 g/mol. The zero-order chi connectivity index (χ0) is 19.1. The first-order chi connectivity index (χ1) is 12.2. The lowest BCUT2D eigenvalue weighted by Crippen LogP contribution is -2.50. The summed E-state index contributed by atoms with van der Waals surface area (Å²) in [5.41, 5.74) is -0.863. The predicted octanol–water partition coefficient (Wildman–Crippen LogP) is 0.523. The molecule has 0 aromatic rings. The van der Waals surface area contributed by atoms with E-state index in [9.17, 15) is 22.8 Å². The second-order valence-corrected chi connectivity index (χ2v) is 10.0. The van der Waals surface area contributed by atoms with E-state index in [0.717, 1.165) is 24.2 Å². The molecule has 0 aromatic heterocycles. The van der Waals surface area contributed by atoms with Crippen LogP contribution in [0.25, 0.3) is 0 Å². The van der Waals surface area contributed by atoms with Crippen molar-refractivity contribution in [3.05, 3.63) is 0 Å². The van der Waals surface area contributed by atoms with Gasteiger partial charge in [0, 0.05) is 13.1 Å². The van der Waals surface area contributed by atoms with Gasteiger partial charge in [0.2, 0.25) is 5.91 Å². The van der Waals surface area contributed by atoms with Crippen molar-refractivity contribution in [1.82, 2.24) is 15.1 Å². The molecule has 3 aliphatic rings. The Balaban J connectivity index is 1.64. The van der Waals surface area contributed by atoms with E-state index in [2.05, 4.69) is 12.2 Å². The number of nitrogens with one attached hydrogen (secondary N) is 1. The van der Waals surface area contributed by atoms with Gasteiger partial charge in [-0.25, -0.2) is 13.2 Å². The van der Waals surface area contributed by atoms with Crippen LogP contribution in [0.1, 0.15) is 45.4 Å². The molecule has 146 valence electrons. The monoisotopic (exact) mass is 385 g/mol. The van der Waals surface area contributed by atoms with E-state index >= 15 is 0 Å². The largest absolute Gasteiger partial charge is 0.340 e. The number of sulfone groups is 1. The molecule has 1 atom stereocenters. The first-order valence-electron chi connectivity index (χ1n) is 9.27. The second-order valence-electron chi connectivity index (χ2n) is 7.82. The number of rotatable bonds is 4. The van der Waals surface area contributed by atoms with E-state index in [1.807, 2.05) is 0 Å². The summed E-state index contributed by atoms with van der Waals surface area (Å²) >= 11 is 0. The van der Waals surface area contributed by atoms with E-state index < -0.39 is 27.3 Å². The molecule has 2 saturated heterocycles. The van der Waals surface area contributed by atoms with Crippen LogP contribution in [0.2, 0.25) is 0 Å². The van der Waals surface area contributed by atoms with Crippen molar-refractivity contribution in [3.63, 3.8) is 0 Å². The molecule has 26 heavy (non-hydrogen) atoms. The first kappa shape index (κ1) is 19.1. The molecule has 1 saturated carbocycles. The molecule has 4 amide bonds. The molecule has 1 spiro atoms. The number of carbonyl (C=O) groups is 3. The number of carbonyl (C=O) groups excluding carboxylic acids is 3. The number of hydrogen-bond donors (Lipinski definition) is 1. The van der Waals surface area contributed by atoms with Crippen LogP contribution >= 0.6 is 0 Å². The Hall–Kier alpha value is -1.64. The second kappa shape index (κ2) is 6.83. The van der Waals surface area contributed by atoms with Gasteiger partial charge in [0.05, 0.1) is 11.5 Å². The lowest BCUT2D eigenvalue weighted by atomic mass is 9.75. The fourth-order valence-electron chi connectivity index (χ4n) is 4.27. The van der Waals surface area contributed by atoms with Crippen molar-refractivity contribution in [2.24, 2.45) is 5.92 Å². The van der Waals surface area contributed by atoms with Crippen LogP contribution in [0.5, 0.6) is 0 Å². The molecule has 2 aliphatic heterocycles. The molecule has 1 N–H and O–H groups in total. The van der Waals surface area contributed by atoms with Gasteiger partial charge in [-0.1, -0.05) is 13.3 Å². The minimum Gasteiger partial charge on any atom is -0.340 e. The number of nitrogens with zero attached hydrogens (tertiary/aromatic N) is 2. The Labute approximate surface area is 154 Å². The van der Waals surface area contributed by atoms with Crippen molar-refractivity contribution < 1.29 is 22.8 Å². The Bertz CT molecular complexity index is 712. The van der Waals surface area contributed by atoms with Crippen molar-refractivity contribution in [2.75, 3.05) is 25.1 Å². The number of amides is 4. The maximum atomic E-state index is 12.8. The van der Waals surface area contributed by atoms with Gasteiger partial charge in [-0.2, -0.15) is 0 Å². The summed E-state index contributed by atoms with van der Waals surface area (Å²) in [6, 6.07) is -0.909. The summed E-state index contributed by atoms with van der Waals surface area (Å²) in [7, 11) is -1.57. The third-order valence-electron chi connectivity index (χ3n) is 6.22. The van der Waals surface area contributed by atoms with Crippen LogP contribution < -0.4 is 5.32 Å². The molecule has 0 unspecified atom stereocenters. The molecule has 0 radical (unpaired) electrons. The Morgan fingerprint density at radius 1 is 1.27 bits per heavy atom. The minimum absolute atomic E-state index is 0.0578. The summed E-state index contributed by atoms with van der Waals surface area (Å²) < 4.78 is 23.2. The summed E-state index contributed by atoms with van der Waals surface area (Å²) in [6.07, 6.45) is 4.46. The van der Waals surface area contributed by atoms with E-state index in [1.54, 1.807) is 0 Å². The standard InChI is InChI=1S/C17H27N3O5S/c1-3-12-4-7-17(8-5-12)15(22)20(16(23)18-17)10-14(21)19(2)13-6-9-26(24,25)11-13/h12-13H,3-11H2,1-2H3,(H,18,23)/t12?,13-,17?/m1/s1. The van der Waals surface area contributed by atoms with Crippen molar-refractivity contribution in [1.29, 1.82) is 0 Å². The lowest BCUT2D eigenvalue weighted by molar-refractivity contribution is -0.139. The van der Waals surface area contributed by atoms with Crippen LogP contribution in [0.15, 0.2) is 0 Å². The van der Waals surface area contributed by atoms with Gasteiger partial charge in [0.25, 0.3) is 5.91 Å². The van der Waals surface area contributed by atoms with Crippen LogP contribution in [0.3, 0.4) is 0 Å². The van der Waals surface area contributed by atoms with Gasteiger partial charge in [0.1, 0.15) is 12.1 Å². The van der Waals surface area contributed by atoms with Crippen molar-refractivity contribution in [3.8, 4) is 0 Å². The molecule has 3 fully saturated rings. The summed E-state index contributed by atoms with van der Waals surface area (Å²) in [4.78, 5) is 40.0. The quantitative estimate of drug-likeness (QED) is 0.711. The summed E-state index contributed by atoms with van der Waals surface area (Å²) in [6.45, 7) is 1.79. The third kappa shape index (κ3) is 3.45. The fourth-order valence-corrected chi connectivity index (χ4v) is 6.04. The zero-order valence-electron chi connectivity index (χ0n) is 15.4. The average Bonchev–Trinajstić information content (AvgIpc) is 3.07. The zero-order valence-corrected chi connectivity index (χ0v) is 16.2. The highest BCUT2D eigenvalue weighted by atomic mass is 32.2. The first-order valence-corrected chi connectivity index (χ1v) is 11.1. The molecule has 3 rings (SSSR count). The normalized spacial score (nSPS) is 33.5. The SMILES string of the molecule is CCC1CCC2(CC1)NC(=O)N(CC(=O)N(C)[C@@H]1CCS(=O)(=O)C1)C2=O. The maximum Gasteiger partial charge on any atom is 0.325 e. The van der Waals surface area contributed by atoms with E-state index in [4.69, 9.17) is 0 Å². The predicted molar refractivity (Wildman–Crippen MR) is 95.1 cm³/mol. The van der Waals surface area contributed by atoms with E-state index in [0.29, 0.717) is 25.2 Å². The van der Waals surface area contributed by atoms with Gasteiger partial charge in [-0.05, 0) is 38.0 Å². The maximum absolute atomic E-state index is 12.8. The molecule has 8 nitrogen and oxygen atoms in total. The molecule has 0 aromatic carbocycles. The lowest BCUT2D eigenvalue weighted by Gasteiger charge is -2.34. The van der Waals surface area contributed by atoms with E-state index in [-0.39, 0.29) is 30.0 Å². The number of urea groups is 1. The fraction of sp³-hybridized carbons (Fsp3) is 0.824. The van der Waals surface area contributed by atoms with E-state index in [1.165, 1.54) is 11.9 Å². The highest BCUT2D eigenvalue weighted by Gasteiger charge is 2.52. The van der Waals surface area contributed by atoms with Crippen molar-refractivity contribution in [2.45, 2.75) is 57.0 Å². The van der Waals surface area contributed by atoms with Gasteiger partial charge < -0.3 is 10.2 Å². The highest BCUT2D eigenvalue weighted by molar-refractivity contribution is 7.91. The molecular formula is C17H27N3O5S. The van der Waals surface area contributed by atoms with Gasteiger partial charge >= 0.3 is 6.03 Å². The summed E-state index contributed by atoms with van der Waals surface area (Å²) in [5.74, 6) is -0.137. The van der Waals surface area contributed by atoms with Crippen LogP contribution in [-0.4, -0.2) is 72.7 Å². The van der Waals surface area contributed by atoms with Crippen LogP contribution in [-0.2, 0) is 19.4 Å². The van der Waals surface area contributed by atoms with Crippen LogP contribution in [0, 0.1) is 5.92 Å². The van der Waals surface area contributed by atoms with Gasteiger partial charge in [-0.15, -0.1) is 0 Å². The Kier molecular flexibility index (Phi) is 5.02. The molecule has 9 heteroatoms. The third-order valence-corrected chi connectivity index (χ3v) is 7.98. The summed E-state index contributed by atoms with van der Waals surface area (Å²) in [5, 5.41) is 2.81. The number of likely N-dealkylation sites (N-methyl/N-ethyl adjacent to an activating group) is 1. The smallest absolute Gasteiger partial charge is 0.325 e. The molecule has 0 bridgehead atoms. The van der Waals surface area contributed by atoms with Gasteiger partial charge in [0.15, 0.2) is 9.84 Å². The topological polar surface area (TPSA) is 104 Å². The number of imide groups is 1. The van der Waals surface area contributed by atoms with Gasteiger partial charge in [-0.3, -0.25) is 14.5 Å². The number of hydrogen-bond acceptors (Lipinski definition) is 5. The Morgan fingerprint density at radius 3 is 2.46 bits per heavy atom. The van der Waals surface area contributed by atoms with Crippen molar-refractivity contribution >= 4 is 27.7 Å². The Morgan fingerprint density at radius 2 is 1.92 bits per heavy atom. The van der Waals surface area contributed by atoms with Crippen LogP contribution in [0.4, 0.5) is 4.79 Å².